The number of nitrogens with one attached hydrogen (secondary N) is 2. The Balaban J connectivity index is 1.64. The second kappa shape index (κ2) is 11.6. The lowest BCUT2D eigenvalue weighted by atomic mass is 10.2. The molecule has 8 heteroatoms. The van der Waals surface area contributed by atoms with Crippen molar-refractivity contribution in [3.8, 4) is 17.1 Å². The van der Waals surface area contributed by atoms with Crippen LogP contribution in [0.5, 0.6) is 5.75 Å². The Morgan fingerprint density at radius 3 is 2.67 bits per heavy atom. The van der Waals surface area contributed by atoms with Gasteiger partial charge < -0.3 is 19.8 Å². The zero-order valence-electron chi connectivity index (χ0n) is 18.3. The van der Waals surface area contributed by atoms with E-state index in [2.05, 4.69) is 10.6 Å². The van der Waals surface area contributed by atoms with Crippen LogP contribution >= 0.6 is 23.2 Å². The van der Waals surface area contributed by atoms with E-state index in [1.807, 2.05) is 6.92 Å². The zero-order valence-corrected chi connectivity index (χ0v) is 19.8. The monoisotopic (exact) mass is 486 g/mol. The molecule has 0 aliphatic carbocycles. The molecule has 172 valence electrons. The maximum absolute atomic E-state index is 12.4. The summed E-state index contributed by atoms with van der Waals surface area (Å²) in [7, 11) is 1.50. The van der Waals surface area contributed by atoms with Crippen molar-refractivity contribution >= 4 is 52.5 Å². The molecule has 2 amide bonds. The van der Waals surface area contributed by atoms with Crippen molar-refractivity contribution in [3.63, 3.8) is 0 Å². The van der Waals surface area contributed by atoms with Crippen LogP contribution in [-0.2, 0) is 9.59 Å². The molecule has 0 saturated heterocycles. The van der Waals surface area contributed by atoms with Crippen molar-refractivity contribution in [2.24, 2.45) is 0 Å². The van der Waals surface area contributed by atoms with Crippen LogP contribution in [0.2, 0.25) is 10.0 Å². The molecule has 0 bridgehead atoms. The summed E-state index contributed by atoms with van der Waals surface area (Å²) in [5.41, 5.74) is 1.75. The number of carbonyl (C=O) groups is 2. The summed E-state index contributed by atoms with van der Waals surface area (Å²) >= 11 is 12.3. The van der Waals surface area contributed by atoms with Gasteiger partial charge in [-0.3, -0.25) is 9.59 Å². The minimum absolute atomic E-state index is 0.0771. The standard InChI is InChI=1S/C25H24Cl2N2O4/c1-3-4-8-23(30)29-20-12-9-16(15-22(20)32-2)28-24(31)14-11-17-10-13-21(33-17)18-6-5-7-19(26)25(18)27/h5-7,9-15H,3-4,8H2,1-2H3,(H,28,31)(H,29,30). The molecular formula is C25H24Cl2N2O4. The van der Waals surface area contributed by atoms with Crippen LogP contribution in [0, 0.1) is 0 Å². The SMILES string of the molecule is CCCCC(=O)Nc1ccc(NC(=O)C=Cc2ccc(-c3cccc(Cl)c3Cl)o2)cc1OC. The second-order valence-corrected chi connectivity index (χ2v) is 7.98. The van der Waals surface area contributed by atoms with Crippen molar-refractivity contribution in [3.05, 3.63) is 70.4 Å². The fourth-order valence-electron chi connectivity index (χ4n) is 3.05. The average molecular weight is 487 g/mol. The van der Waals surface area contributed by atoms with Crippen LogP contribution in [0.25, 0.3) is 17.4 Å². The van der Waals surface area contributed by atoms with E-state index in [4.69, 9.17) is 32.4 Å². The molecule has 6 nitrogen and oxygen atoms in total. The van der Waals surface area contributed by atoms with Crippen molar-refractivity contribution in [2.75, 3.05) is 17.7 Å². The molecule has 1 aromatic heterocycles. The van der Waals surface area contributed by atoms with Gasteiger partial charge in [-0.1, -0.05) is 42.6 Å². The quantitative estimate of drug-likeness (QED) is 0.317. The molecule has 0 spiro atoms. The minimum Gasteiger partial charge on any atom is -0.494 e. The lowest BCUT2D eigenvalue weighted by Gasteiger charge is -2.12. The number of hydrogen-bond donors (Lipinski definition) is 2. The van der Waals surface area contributed by atoms with Gasteiger partial charge >= 0.3 is 0 Å². The fourth-order valence-corrected chi connectivity index (χ4v) is 3.44. The highest BCUT2D eigenvalue weighted by Crippen LogP contribution is 2.34. The third-order valence-electron chi connectivity index (χ3n) is 4.74. The number of ether oxygens (including phenoxy) is 1. The van der Waals surface area contributed by atoms with Crippen molar-refractivity contribution in [2.45, 2.75) is 26.2 Å². The van der Waals surface area contributed by atoms with E-state index in [0.29, 0.717) is 50.7 Å². The molecule has 33 heavy (non-hydrogen) atoms. The average Bonchev–Trinajstić information content (AvgIpc) is 3.28. The topological polar surface area (TPSA) is 80.6 Å². The minimum atomic E-state index is -0.351. The molecule has 3 aromatic rings. The molecule has 1 heterocycles. The molecule has 2 aromatic carbocycles. The highest BCUT2D eigenvalue weighted by molar-refractivity contribution is 6.43. The van der Waals surface area contributed by atoms with Crippen LogP contribution < -0.4 is 15.4 Å². The van der Waals surface area contributed by atoms with E-state index in [1.165, 1.54) is 13.2 Å². The molecule has 0 unspecified atom stereocenters. The van der Waals surface area contributed by atoms with E-state index in [0.717, 1.165) is 12.8 Å². The second-order valence-electron chi connectivity index (χ2n) is 7.19. The van der Waals surface area contributed by atoms with E-state index < -0.39 is 0 Å². The maximum Gasteiger partial charge on any atom is 0.248 e. The van der Waals surface area contributed by atoms with Gasteiger partial charge in [0.2, 0.25) is 11.8 Å². The lowest BCUT2D eigenvalue weighted by molar-refractivity contribution is -0.116. The molecule has 0 radical (unpaired) electrons. The van der Waals surface area contributed by atoms with Gasteiger partial charge in [0, 0.05) is 29.8 Å². The number of rotatable bonds is 9. The Bertz CT molecular complexity index is 1170. The number of anilines is 2. The van der Waals surface area contributed by atoms with Gasteiger partial charge in [0.25, 0.3) is 0 Å². The summed E-state index contributed by atoms with van der Waals surface area (Å²) in [4.78, 5) is 24.3. The fraction of sp³-hybridized carbons (Fsp3) is 0.200. The summed E-state index contributed by atoms with van der Waals surface area (Å²) in [5, 5.41) is 6.42. The highest BCUT2D eigenvalue weighted by Gasteiger charge is 2.11. The maximum atomic E-state index is 12.4. The van der Waals surface area contributed by atoms with E-state index in [1.54, 1.807) is 54.6 Å². The van der Waals surface area contributed by atoms with Crippen LogP contribution in [0.1, 0.15) is 31.9 Å². The van der Waals surface area contributed by atoms with Gasteiger partial charge in [-0.25, -0.2) is 0 Å². The van der Waals surface area contributed by atoms with Gasteiger partial charge in [0.1, 0.15) is 17.3 Å². The summed E-state index contributed by atoms with van der Waals surface area (Å²) in [5.74, 6) is 1.06. The number of benzene rings is 2. The van der Waals surface area contributed by atoms with Gasteiger partial charge in [0.05, 0.1) is 22.8 Å². The first-order valence-electron chi connectivity index (χ1n) is 10.4. The number of methoxy groups -OCH3 is 1. The van der Waals surface area contributed by atoms with Gasteiger partial charge in [-0.15, -0.1) is 0 Å². The summed E-state index contributed by atoms with van der Waals surface area (Å²) in [6, 6.07) is 13.8. The Kier molecular flexibility index (Phi) is 8.58. The van der Waals surface area contributed by atoms with Crippen LogP contribution in [0.3, 0.4) is 0 Å². The smallest absolute Gasteiger partial charge is 0.248 e. The van der Waals surface area contributed by atoms with Crippen LogP contribution in [0.4, 0.5) is 11.4 Å². The van der Waals surface area contributed by atoms with Crippen LogP contribution in [0.15, 0.2) is 59.0 Å². The highest BCUT2D eigenvalue weighted by atomic mass is 35.5. The Morgan fingerprint density at radius 1 is 1.09 bits per heavy atom. The number of hydrogen-bond acceptors (Lipinski definition) is 4. The molecule has 0 fully saturated rings. The first kappa shape index (κ1) is 24.4. The summed E-state index contributed by atoms with van der Waals surface area (Å²) < 4.78 is 11.1. The third kappa shape index (κ3) is 6.63. The lowest BCUT2D eigenvalue weighted by Crippen LogP contribution is -2.12. The molecule has 0 saturated carbocycles. The molecule has 0 aliphatic rings. The number of furan rings is 1. The normalized spacial score (nSPS) is 10.9. The van der Waals surface area contributed by atoms with Crippen LogP contribution in [-0.4, -0.2) is 18.9 Å². The van der Waals surface area contributed by atoms with Gasteiger partial charge in [-0.05, 0) is 48.9 Å². The van der Waals surface area contributed by atoms with E-state index in [9.17, 15) is 9.59 Å². The molecular weight excluding hydrogens is 463 g/mol. The number of unbranched alkanes of at least 4 members (excludes halogenated alkanes) is 1. The first-order valence-corrected chi connectivity index (χ1v) is 11.2. The predicted molar refractivity (Wildman–Crippen MR) is 133 cm³/mol. The predicted octanol–water partition coefficient (Wildman–Crippen LogP) is 7.04. The van der Waals surface area contributed by atoms with E-state index >= 15 is 0 Å². The van der Waals surface area contributed by atoms with Gasteiger partial charge in [-0.2, -0.15) is 0 Å². The summed E-state index contributed by atoms with van der Waals surface area (Å²) in [6.07, 6.45) is 5.11. The third-order valence-corrected chi connectivity index (χ3v) is 5.56. The van der Waals surface area contributed by atoms with E-state index in [-0.39, 0.29) is 11.8 Å². The van der Waals surface area contributed by atoms with Crippen molar-refractivity contribution in [1.82, 2.24) is 0 Å². The Hall–Kier alpha value is -3.22. The Morgan fingerprint density at radius 2 is 1.91 bits per heavy atom. The zero-order chi connectivity index (χ0) is 23.8. The van der Waals surface area contributed by atoms with Gasteiger partial charge in [0.15, 0.2) is 0 Å². The molecule has 2 N–H and O–H groups in total. The number of carbonyl (C=O) groups excluding carboxylic acids is 2. The van der Waals surface area contributed by atoms with Crippen molar-refractivity contribution in [1.29, 1.82) is 0 Å². The Labute approximate surface area is 202 Å². The van der Waals surface area contributed by atoms with Crippen molar-refractivity contribution < 1.29 is 18.7 Å². The molecule has 0 aliphatic heterocycles. The number of halogens is 2. The molecule has 0 atom stereocenters. The summed E-state index contributed by atoms with van der Waals surface area (Å²) in [6.45, 7) is 2.03. The number of amides is 2. The largest absolute Gasteiger partial charge is 0.494 e. The first-order chi connectivity index (χ1) is 15.9. The molecule has 3 rings (SSSR count).